The number of aryl methyl sites for hydroxylation is 1. The highest BCUT2D eigenvalue weighted by Gasteiger charge is 2.34. The third-order valence-corrected chi connectivity index (χ3v) is 8.24. The number of amides is 1. The van der Waals surface area contributed by atoms with Crippen molar-refractivity contribution in [3.63, 3.8) is 0 Å². The molecule has 1 saturated heterocycles. The standard InChI is InChI=1S/C21H23ClN4O3S2/c1-14-8-9-17(22)19-18(14)24-21(30-19)26(13-16-7-3-4-10-23-16)20(27)15-6-5-11-25(12-15)31(2,28)29/h3-4,7-10,15H,5-6,11-13H2,1-2H3. The maximum atomic E-state index is 13.6. The highest BCUT2D eigenvalue weighted by molar-refractivity contribution is 7.88. The number of thiazole rings is 1. The van der Waals surface area contributed by atoms with Gasteiger partial charge in [-0.05, 0) is 43.5 Å². The van der Waals surface area contributed by atoms with E-state index in [1.54, 1.807) is 11.1 Å². The van der Waals surface area contributed by atoms with Crippen molar-refractivity contribution >= 4 is 54.2 Å². The molecule has 1 fully saturated rings. The van der Waals surface area contributed by atoms with E-state index in [-0.39, 0.29) is 19.0 Å². The van der Waals surface area contributed by atoms with E-state index < -0.39 is 15.9 Å². The molecule has 0 radical (unpaired) electrons. The van der Waals surface area contributed by atoms with Gasteiger partial charge >= 0.3 is 0 Å². The lowest BCUT2D eigenvalue weighted by Crippen LogP contribution is -2.46. The molecule has 1 aliphatic rings. The highest BCUT2D eigenvalue weighted by atomic mass is 35.5. The zero-order valence-electron chi connectivity index (χ0n) is 17.3. The van der Waals surface area contributed by atoms with Gasteiger partial charge in [0.15, 0.2) is 5.13 Å². The lowest BCUT2D eigenvalue weighted by Gasteiger charge is -2.32. The van der Waals surface area contributed by atoms with Crippen LogP contribution in [-0.2, 0) is 21.4 Å². The molecule has 164 valence electrons. The molecule has 0 bridgehead atoms. The van der Waals surface area contributed by atoms with Gasteiger partial charge in [-0.25, -0.2) is 17.7 Å². The molecule has 3 aromatic rings. The van der Waals surface area contributed by atoms with Gasteiger partial charge in [0.2, 0.25) is 15.9 Å². The van der Waals surface area contributed by atoms with Crippen LogP contribution in [0.5, 0.6) is 0 Å². The first-order valence-electron chi connectivity index (χ1n) is 9.96. The Morgan fingerprint density at radius 2 is 2.13 bits per heavy atom. The molecule has 0 spiro atoms. The lowest BCUT2D eigenvalue weighted by molar-refractivity contribution is -0.123. The first-order valence-corrected chi connectivity index (χ1v) is 13.0. The minimum atomic E-state index is -3.35. The normalized spacial score (nSPS) is 17.7. The van der Waals surface area contributed by atoms with E-state index in [1.165, 1.54) is 21.9 Å². The number of rotatable bonds is 5. The summed E-state index contributed by atoms with van der Waals surface area (Å²) < 4.78 is 26.3. The van der Waals surface area contributed by atoms with Gasteiger partial charge in [0, 0.05) is 19.3 Å². The minimum Gasteiger partial charge on any atom is -0.282 e. The number of hydrogen-bond donors (Lipinski definition) is 0. The van der Waals surface area contributed by atoms with Crippen molar-refractivity contribution in [2.75, 3.05) is 24.2 Å². The second-order valence-corrected chi connectivity index (χ2v) is 11.1. The Balaban J connectivity index is 1.72. The van der Waals surface area contributed by atoms with E-state index >= 15 is 0 Å². The number of sulfonamides is 1. The first kappa shape index (κ1) is 22.1. The Kier molecular flexibility index (Phi) is 6.30. The summed E-state index contributed by atoms with van der Waals surface area (Å²) in [5, 5.41) is 1.13. The molecule has 1 atom stereocenters. The van der Waals surface area contributed by atoms with Crippen molar-refractivity contribution in [2.24, 2.45) is 5.92 Å². The number of carbonyl (C=O) groups excluding carboxylic acids is 1. The van der Waals surface area contributed by atoms with Crippen LogP contribution in [0.4, 0.5) is 5.13 Å². The van der Waals surface area contributed by atoms with E-state index in [2.05, 4.69) is 4.98 Å². The molecule has 4 rings (SSSR count). The van der Waals surface area contributed by atoms with Crippen LogP contribution in [0, 0.1) is 12.8 Å². The number of carbonyl (C=O) groups is 1. The predicted molar refractivity (Wildman–Crippen MR) is 124 cm³/mol. The van der Waals surface area contributed by atoms with Crippen LogP contribution in [0.3, 0.4) is 0 Å². The molecule has 1 aliphatic heterocycles. The van der Waals surface area contributed by atoms with Crippen molar-refractivity contribution in [3.05, 3.63) is 52.8 Å². The van der Waals surface area contributed by atoms with E-state index in [1.807, 2.05) is 37.3 Å². The summed E-state index contributed by atoms with van der Waals surface area (Å²) >= 11 is 7.75. The van der Waals surface area contributed by atoms with E-state index in [0.717, 1.165) is 21.5 Å². The number of anilines is 1. The zero-order valence-corrected chi connectivity index (χ0v) is 19.7. The largest absolute Gasteiger partial charge is 0.282 e. The third kappa shape index (κ3) is 4.74. The molecule has 10 heteroatoms. The highest BCUT2D eigenvalue weighted by Crippen LogP contribution is 2.37. The van der Waals surface area contributed by atoms with E-state index in [9.17, 15) is 13.2 Å². The van der Waals surface area contributed by atoms with Crippen LogP contribution < -0.4 is 4.90 Å². The van der Waals surface area contributed by atoms with Gasteiger partial charge < -0.3 is 0 Å². The summed E-state index contributed by atoms with van der Waals surface area (Å²) in [6, 6.07) is 9.29. The molecule has 1 unspecified atom stereocenters. The number of benzene rings is 1. The van der Waals surface area contributed by atoms with Gasteiger partial charge in [-0.3, -0.25) is 14.7 Å². The van der Waals surface area contributed by atoms with Gasteiger partial charge in [-0.15, -0.1) is 0 Å². The summed E-state index contributed by atoms with van der Waals surface area (Å²) in [4.78, 5) is 24.4. The van der Waals surface area contributed by atoms with Crippen LogP contribution in [-0.4, -0.2) is 47.9 Å². The van der Waals surface area contributed by atoms with Crippen LogP contribution >= 0.6 is 22.9 Å². The Hall–Kier alpha value is -2.07. The number of hydrogen-bond acceptors (Lipinski definition) is 6. The van der Waals surface area contributed by atoms with Crippen molar-refractivity contribution in [1.82, 2.24) is 14.3 Å². The summed E-state index contributed by atoms with van der Waals surface area (Å²) in [5.41, 5.74) is 2.48. The van der Waals surface area contributed by atoms with Crippen LogP contribution in [0.2, 0.25) is 5.02 Å². The molecular formula is C21H23ClN4O3S2. The topological polar surface area (TPSA) is 83.5 Å². The number of fused-ring (bicyclic) bond motifs is 1. The fourth-order valence-electron chi connectivity index (χ4n) is 3.77. The van der Waals surface area contributed by atoms with Crippen LogP contribution in [0.1, 0.15) is 24.1 Å². The summed E-state index contributed by atoms with van der Waals surface area (Å²) in [7, 11) is -3.35. The van der Waals surface area contributed by atoms with Crippen LogP contribution in [0.15, 0.2) is 36.5 Å². The number of pyridine rings is 1. The van der Waals surface area contributed by atoms with Gasteiger partial charge in [0.05, 0.1) is 39.7 Å². The van der Waals surface area contributed by atoms with E-state index in [4.69, 9.17) is 16.6 Å². The molecule has 1 aromatic carbocycles. The molecule has 1 amide bonds. The number of halogens is 1. The van der Waals surface area contributed by atoms with Gasteiger partial charge in [0.1, 0.15) is 0 Å². The first-order chi connectivity index (χ1) is 14.7. The molecule has 0 aliphatic carbocycles. The van der Waals surface area contributed by atoms with Gasteiger partial charge in [-0.1, -0.05) is 35.1 Å². The lowest BCUT2D eigenvalue weighted by atomic mass is 9.98. The molecule has 7 nitrogen and oxygen atoms in total. The fraction of sp³-hybridized carbons (Fsp3) is 0.381. The molecule has 2 aromatic heterocycles. The summed E-state index contributed by atoms with van der Waals surface area (Å²) in [5.74, 6) is -0.581. The Labute approximate surface area is 190 Å². The molecular weight excluding hydrogens is 456 g/mol. The maximum Gasteiger partial charge on any atom is 0.233 e. The van der Waals surface area contributed by atoms with E-state index in [0.29, 0.717) is 29.5 Å². The second-order valence-electron chi connectivity index (χ2n) is 7.74. The van der Waals surface area contributed by atoms with Crippen molar-refractivity contribution < 1.29 is 13.2 Å². The summed E-state index contributed by atoms with van der Waals surface area (Å²) in [6.07, 6.45) is 4.15. The van der Waals surface area contributed by atoms with Gasteiger partial charge in [-0.2, -0.15) is 0 Å². The van der Waals surface area contributed by atoms with Crippen molar-refractivity contribution in [2.45, 2.75) is 26.3 Å². The average Bonchev–Trinajstić information content (AvgIpc) is 3.21. The average molecular weight is 479 g/mol. The van der Waals surface area contributed by atoms with Crippen LogP contribution in [0.25, 0.3) is 10.2 Å². The predicted octanol–water partition coefficient (Wildman–Crippen LogP) is 3.86. The molecule has 3 heterocycles. The SMILES string of the molecule is Cc1ccc(Cl)c2sc(N(Cc3ccccn3)C(=O)C3CCCN(S(C)(=O)=O)C3)nc12. The number of nitrogens with zero attached hydrogens (tertiary/aromatic N) is 4. The number of piperidine rings is 1. The quantitative estimate of drug-likeness (QED) is 0.556. The van der Waals surface area contributed by atoms with Crippen molar-refractivity contribution in [3.8, 4) is 0 Å². The fourth-order valence-corrected chi connectivity index (χ4v) is 6.00. The number of aromatic nitrogens is 2. The Morgan fingerprint density at radius 3 is 2.81 bits per heavy atom. The zero-order chi connectivity index (χ0) is 22.2. The Bertz CT molecular complexity index is 1180. The molecule has 31 heavy (non-hydrogen) atoms. The minimum absolute atomic E-state index is 0.146. The maximum absolute atomic E-state index is 13.6. The monoisotopic (exact) mass is 478 g/mol. The third-order valence-electron chi connectivity index (χ3n) is 5.43. The smallest absolute Gasteiger partial charge is 0.233 e. The van der Waals surface area contributed by atoms with Gasteiger partial charge in [0.25, 0.3) is 0 Å². The Morgan fingerprint density at radius 1 is 1.32 bits per heavy atom. The molecule has 0 saturated carbocycles. The van der Waals surface area contributed by atoms with Crippen molar-refractivity contribution in [1.29, 1.82) is 0 Å². The summed E-state index contributed by atoms with van der Waals surface area (Å²) in [6.45, 7) is 2.84. The second kappa shape index (κ2) is 8.82. The molecule has 0 N–H and O–H groups in total.